The Kier molecular flexibility index (Phi) is 3.95. The number of hydrogen-bond acceptors (Lipinski definition) is 3. The summed E-state index contributed by atoms with van der Waals surface area (Å²) in [5.41, 5.74) is 0.332. The van der Waals surface area contributed by atoms with Crippen molar-refractivity contribution in [2.24, 2.45) is 0 Å². The van der Waals surface area contributed by atoms with Crippen molar-refractivity contribution >= 4 is 22.9 Å². The van der Waals surface area contributed by atoms with Gasteiger partial charge < -0.3 is 5.11 Å². The smallest absolute Gasteiger partial charge is 0.373 e. The minimum atomic E-state index is -0.884. The SMILES string of the molecule is O=C(O)c1ccc2ccccc2c1.O=C=O. The van der Waals surface area contributed by atoms with Crippen LogP contribution in [0, 0.1) is 0 Å². The molecule has 0 aliphatic heterocycles. The van der Waals surface area contributed by atoms with E-state index < -0.39 is 5.97 Å². The molecule has 0 unspecified atom stereocenters. The van der Waals surface area contributed by atoms with Gasteiger partial charge in [0.05, 0.1) is 5.56 Å². The second-order valence-corrected chi connectivity index (χ2v) is 2.95. The fourth-order valence-electron chi connectivity index (χ4n) is 1.32. The molecular weight excluding hydrogens is 208 g/mol. The average Bonchev–Trinajstić information content (AvgIpc) is 2.29. The minimum absolute atomic E-state index is 0.250. The van der Waals surface area contributed by atoms with E-state index >= 15 is 0 Å². The highest BCUT2D eigenvalue weighted by Crippen LogP contribution is 2.15. The van der Waals surface area contributed by atoms with Crippen molar-refractivity contribution in [3.63, 3.8) is 0 Å². The zero-order valence-corrected chi connectivity index (χ0v) is 8.21. The molecule has 0 atom stereocenters. The Hall–Kier alpha value is -2.45. The Morgan fingerprint density at radius 2 is 1.56 bits per heavy atom. The van der Waals surface area contributed by atoms with E-state index in [1.807, 2.05) is 30.3 Å². The first-order chi connectivity index (χ1) is 7.69. The summed E-state index contributed by atoms with van der Waals surface area (Å²) in [7, 11) is 0. The molecule has 16 heavy (non-hydrogen) atoms. The summed E-state index contributed by atoms with van der Waals surface area (Å²) in [6, 6.07) is 12.8. The fourth-order valence-corrected chi connectivity index (χ4v) is 1.32. The summed E-state index contributed by atoms with van der Waals surface area (Å²) in [5, 5.41) is 10.8. The van der Waals surface area contributed by atoms with Gasteiger partial charge in [-0.1, -0.05) is 30.3 Å². The van der Waals surface area contributed by atoms with E-state index in [-0.39, 0.29) is 6.15 Å². The summed E-state index contributed by atoms with van der Waals surface area (Å²) >= 11 is 0. The largest absolute Gasteiger partial charge is 0.478 e. The van der Waals surface area contributed by atoms with Crippen LogP contribution in [0.3, 0.4) is 0 Å². The predicted octanol–water partition coefficient (Wildman–Crippen LogP) is 1.95. The summed E-state index contributed by atoms with van der Waals surface area (Å²) in [5.74, 6) is -0.884. The molecule has 1 N–H and O–H groups in total. The summed E-state index contributed by atoms with van der Waals surface area (Å²) in [6.45, 7) is 0. The van der Waals surface area contributed by atoms with Crippen LogP contribution in [0.15, 0.2) is 42.5 Å². The molecular formula is C12H8O4. The van der Waals surface area contributed by atoms with Gasteiger partial charge in [-0.25, -0.2) is 4.79 Å². The molecule has 2 aromatic carbocycles. The van der Waals surface area contributed by atoms with E-state index in [9.17, 15) is 4.79 Å². The lowest BCUT2D eigenvalue weighted by atomic mass is 10.1. The Balaban J connectivity index is 0.000000386. The molecule has 0 aromatic heterocycles. The van der Waals surface area contributed by atoms with Gasteiger partial charge in [0, 0.05) is 0 Å². The maximum atomic E-state index is 10.6. The third-order valence-electron chi connectivity index (χ3n) is 2.00. The van der Waals surface area contributed by atoms with Crippen molar-refractivity contribution in [1.82, 2.24) is 0 Å². The Bertz CT molecular complexity index is 539. The van der Waals surface area contributed by atoms with E-state index in [4.69, 9.17) is 14.7 Å². The predicted molar refractivity (Wildman–Crippen MR) is 55.9 cm³/mol. The average molecular weight is 216 g/mol. The summed E-state index contributed by atoms with van der Waals surface area (Å²) in [4.78, 5) is 26.9. The first kappa shape index (κ1) is 11.6. The van der Waals surface area contributed by atoms with Gasteiger partial charge in [0.2, 0.25) is 0 Å². The first-order valence-corrected chi connectivity index (χ1v) is 4.40. The monoisotopic (exact) mass is 216 g/mol. The molecule has 0 aliphatic carbocycles. The number of fused-ring (bicyclic) bond motifs is 1. The van der Waals surface area contributed by atoms with Crippen LogP contribution in [-0.4, -0.2) is 17.2 Å². The van der Waals surface area contributed by atoms with Gasteiger partial charge in [0.25, 0.3) is 0 Å². The normalized spacial score (nSPS) is 8.75. The van der Waals surface area contributed by atoms with E-state index in [2.05, 4.69) is 0 Å². The number of rotatable bonds is 1. The Labute approximate surface area is 91.1 Å². The highest BCUT2D eigenvalue weighted by atomic mass is 16.4. The van der Waals surface area contributed by atoms with Crippen LogP contribution in [0.4, 0.5) is 0 Å². The van der Waals surface area contributed by atoms with Crippen LogP contribution >= 0.6 is 0 Å². The van der Waals surface area contributed by atoms with Crippen molar-refractivity contribution in [2.45, 2.75) is 0 Å². The summed E-state index contributed by atoms with van der Waals surface area (Å²) < 4.78 is 0. The van der Waals surface area contributed by atoms with E-state index in [0.29, 0.717) is 5.56 Å². The standard InChI is InChI=1S/C11H8O2.CO2/c12-11(13)10-6-5-8-3-1-2-4-9(8)7-10;2-1-3/h1-7H,(H,12,13);. The quantitative estimate of drug-likeness (QED) is 0.790. The topological polar surface area (TPSA) is 71.4 Å². The molecule has 0 saturated carbocycles. The molecule has 0 saturated heterocycles. The molecule has 80 valence electrons. The van der Waals surface area contributed by atoms with Crippen LogP contribution in [-0.2, 0) is 9.59 Å². The van der Waals surface area contributed by atoms with Crippen LogP contribution in [0.25, 0.3) is 10.8 Å². The lowest BCUT2D eigenvalue weighted by Crippen LogP contribution is -1.94. The van der Waals surface area contributed by atoms with Gasteiger partial charge in [-0.05, 0) is 22.9 Å². The number of carboxylic acids is 1. The van der Waals surface area contributed by atoms with Crippen LogP contribution in [0.1, 0.15) is 10.4 Å². The molecule has 0 bridgehead atoms. The maximum Gasteiger partial charge on any atom is 0.373 e. The molecule has 2 rings (SSSR count). The fraction of sp³-hybridized carbons (Fsp3) is 0. The molecule has 0 fully saturated rings. The molecule has 4 heteroatoms. The molecule has 0 heterocycles. The molecule has 4 nitrogen and oxygen atoms in total. The second-order valence-electron chi connectivity index (χ2n) is 2.95. The van der Waals surface area contributed by atoms with Crippen LogP contribution in [0.5, 0.6) is 0 Å². The van der Waals surface area contributed by atoms with E-state index in [0.717, 1.165) is 10.8 Å². The highest BCUT2D eigenvalue weighted by molar-refractivity contribution is 5.94. The third-order valence-corrected chi connectivity index (χ3v) is 2.00. The number of hydrogen-bond donors (Lipinski definition) is 1. The van der Waals surface area contributed by atoms with Crippen molar-refractivity contribution < 1.29 is 19.5 Å². The number of carboxylic acid groups (broad SMARTS) is 1. The van der Waals surface area contributed by atoms with Crippen molar-refractivity contribution in [3.05, 3.63) is 48.0 Å². The van der Waals surface area contributed by atoms with Crippen LogP contribution < -0.4 is 0 Å². The van der Waals surface area contributed by atoms with Gasteiger partial charge in [-0.2, -0.15) is 9.59 Å². The van der Waals surface area contributed by atoms with Gasteiger partial charge in [-0.15, -0.1) is 0 Å². The highest BCUT2D eigenvalue weighted by Gasteiger charge is 2.01. The number of carbonyl (C=O) groups is 1. The maximum absolute atomic E-state index is 10.6. The first-order valence-electron chi connectivity index (χ1n) is 4.40. The van der Waals surface area contributed by atoms with Gasteiger partial charge in [0.1, 0.15) is 0 Å². The van der Waals surface area contributed by atoms with Crippen molar-refractivity contribution in [2.75, 3.05) is 0 Å². The van der Waals surface area contributed by atoms with E-state index in [1.54, 1.807) is 12.1 Å². The molecule has 0 radical (unpaired) electrons. The number of benzene rings is 2. The number of carbonyl (C=O) groups excluding carboxylic acids is 2. The molecule has 0 amide bonds. The van der Waals surface area contributed by atoms with Gasteiger partial charge in [0.15, 0.2) is 0 Å². The van der Waals surface area contributed by atoms with E-state index in [1.165, 1.54) is 0 Å². The molecule has 2 aromatic rings. The Morgan fingerprint density at radius 1 is 1.00 bits per heavy atom. The zero-order chi connectivity index (χ0) is 12.0. The lowest BCUT2D eigenvalue weighted by Gasteiger charge is -1.98. The Morgan fingerprint density at radius 3 is 2.12 bits per heavy atom. The van der Waals surface area contributed by atoms with Crippen LogP contribution in [0.2, 0.25) is 0 Å². The molecule has 0 aliphatic rings. The summed E-state index contributed by atoms with van der Waals surface area (Å²) in [6.07, 6.45) is 0.250. The second kappa shape index (κ2) is 5.44. The van der Waals surface area contributed by atoms with Gasteiger partial charge in [-0.3, -0.25) is 0 Å². The third kappa shape index (κ3) is 2.77. The zero-order valence-electron chi connectivity index (χ0n) is 8.21. The number of aromatic carboxylic acids is 1. The van der Waals surface area contributed by atoms with Crippen molar-refractivity contribution in [3.8, 4) is 0 Å². The van der Waals surface area contributed by atoms with Gasteiger partial charge >= 0.3 is 12.1 Å². The minimum Gasteiger partial charge on any atom is -0.478 e. The molecule has 0 spiro atoms. The van der Waals surface area contributed by atoms with Crippen molar-refractivity contribution in [1.29, 1.82) is 0 Å². The lowest BCUT2D eigenvalue weighted by molar-refractivity contribution is -0.191.